The van der Waals surface area contributed by atoms with Gasteiger partial charge in [-0.05, 0) is 18.2 Å². The molecule has 9 nitrogen and oxygen atoms in total. The molecule has 0 unspecified atom stereocenters. The number of rotatable bonds is 8. The summed E-state index contributed by atoms with van der Waals surface area (Å²) >= 11 is 0. The lowest BCUT2D eigenvalue weighted by molar-refractivity contribution is -0.125. The van der Waals surface area contributed by atoms with E-state index in [1.807, 2.05) is 0 Å². The van der Waals surface area contributed by atoms with Crippen LogP contribution in [0.5, 0.6) is 0 Å². The molecule has 0 spiro atoms. The number of benzene rings is 1. The third kappa shape index (κ3) is 5.91. The highest BCUT2D eigenvalue weighted by Gasteiger charge is 2.31. The van der Waals surface area contributed by atoms with Gasteiger partial charge in [-0.25, -0.2) is 23.1 Å². The number of nitrogens with zero attached hydrogens (tertiary/aromatic N) is 2. The Kier molecular flexibility index (Phi) is 7.04. The standard InChI is InChI=1S/C19H22N4O5S/c24-12-18-17(23-29(26,27)16-4-2-1-3-5-16)7-6-15(28-18)10-19(25)21-11-14-8-9-20-13-22-14/h1-9,13,15,17-18,23-24H,10-12H2,(H,21,25)/t15-,17-,18+/m0/s1. The van der Waals surface area contributed by atoms with Crippen molar-refractivity contribution in [3.8, 4) is 0 Å². The third-order valence-electron chi connectivity index (χ3n) is 4.30. The molecule has 1 aromatic heterocycles. The molecule has 2 aromatic rings. The van der Waals surface area contributed by atoms with Crippen LogP contribution >= 0.6 is 0 Å². The van der Waals surface area contributed by atoms with Crippen LogP contribution in [-0.4, -0.2) is 54.3 Å². The smallest absolute Gasteiger partial charge is 0.241 e. The molecule has 3 N–H and O–H groups in total. The number of aliphatic hydroxyl groups excluding tert-OH is 1. The highest BCUT2D eigenvalue weighted by atomic mass is 32.2. The molecule has 0 fully saturated rings. The number of amides is 1. The molecule has 3 atom stereocenters. The first-order valence-electron chi connectivity index (χ1n) is 9.01. The second-order valence-electron chi connectivity index (χ2n) is 6.42. The van der Waals surface area contributed by atoms with E-state index in [-0.39, 0.29) is 23.8 Å². The molecular weight excluding hydrogens is 396 g/mol. The first-order chi connectivity index (χ1) is 14.0. The van der Waals surface area contributed by atoms with Gasteiger partial charge in [0.05, 0.1) is 42.3 Å². The maximum Gasteiger partial charge on any atom is 0.241 e. The van der Waals surface area contributed by atoms with Crippen molar-refractivity contribution in [3.05, 3.63) is 66.8 Å². The third-order valence-corrected chi connectivity index (χ3v) is 5.78. The summed E-state index contributed by atoms with van der Waals surface area (Å²) in [7, 11) is -3.77. The van der Waals surface area contributed by atoms with Crippen LogP contribution in [0.25, 0.3) is 0 Å². The summed E-state index contributed by atoms with van der Waals surface area (Å²) in [6.45, 7) is -0.133. The zero-order chi connectivity index (χ0) is 20.7. The lowest BCUT2D eigenvalue weighted by Crippen LogP contribution is -2.49. The Labute approximate surface area is 168 Å². The molecule has 0 radical (unpaired) electrons. The highest BCUT2D eigenvalue weighted by molar-refractivity contribution is 7.89. The predicted molar refractivity (Wildman–Crippen MR) is 104 cm³/mol. The summed E-state index contributed by atoms with van der Waals surface area (Å²) in [4.78, 5) is 20.1. The van der Waals surface area contributed by atoms with Crippen molar-refractivity contribution >= 4 is 15.9 Å². The summed E-state index contributed by atoms with van der Waals surface area (Å²) in [5.41, 5.74) is 0.678. The van der Waals surface area contributed by atoms with Crippen molar-refractivity contribution in [2.75, 3.05) is 6.61 Å². The molecule has 3 rings (SSSR count). The van der Waals surface area contributed by atoms with E-state index in [0.29, 0.717) is 5.69 Å². The van der Waals surface area contributed by atoms with Crippen LogP contribution in [0.3, 0.4) is 0 Å². The number of aliphatic hydroxyl groups is 1. The minimum atomic E-state index is -3.77. The Morgan fingerprint density at radius 1 is 1.17 bits per heavy atom. The van der Waals surface area contributed by atoms with Crippen molar-refractivity contribution < 1.29 is 23.1 Å². The molecule has 29 heavy (non-hydrogen) atoms. The Morgan fingerprint density at radius 3 is 2.66 bits per heavy atom. The number of hydrogen-bond acceptors (Lipinski definition) is 7. The molecule has 154 valence electrons. The molecule has 10 heteroatoms. The Morgan fingerprint density at radius 2 is 1.97 bits per heavy atom. The van der Waals surface area contributed by atoms with Crippen LogP contribution in [0.4, 0.5) is 0 Å². The van der Waals surface area contributed by atoms with Gasteiger partial charge in [-0.15, -0.1) is 0 Å². The van der Waals surface area contributed by atoms with Gasteiger partial charge in [-0.1, -0.05) is 30.4 Å². The lowest BCUT2D eigenvalue weighted by Gasteiger charge is -2.31. The van der Waals surface area contributed by atoms with Crippen LogP contribution in [-0.2, 0) is 26.1 Å². The maximum absolute atomic E-state index is 12.5. The van der Waals surface area contributed by atoms with Crippen LogP contribution in [0.1, 0.15) is 12.1 Å². The van der Waals surface area contributed by atoms with Crippen molar-refractivity contribution in [1.29, 1.82) is 0 Å². The molecule has 1 aliphatic heterocycles. The van der Waals surface area contributed by atoms with Gasteiger partial charge in [0.2, 0.25) is 15.9 Å². The molecule has 2 heterocycles. The molecule has 1 aliphatic rings. The summed E-state index contributed by atoms with van der Waals surface area (Å²) in [6, 6.07) is 8.89. The maximum atomic E-state index is 12.5. The summed E-state index contributed by atoms with van der Waals surface area (Å²) in [6.07, 6.45) is 4.87. The van der Waals surface area contributed by atoms with E-state index in [2.05, 4.69) is 20.0 Å². The second kappa shape index (κ2) is 9.70. The van der Waals surface area contributed by atoms with E-state index in [9.17, 15) is 18.3 Å². The minimum absolute atomic E-state index is 0.0379. The average molecular weight is 418 g/mol. The van der Waals surface area contributed by atoms with Gasteiger partial charge in [-0.3, -0.25) is 4.79 Å². The summed E-state index contributed by atoms with van der Waals surface area (Å²) in [5, 5.41) is 12.4. The van der Waals surface area contributed by atoms with Gasteiger partial charge in [-0.2, -0.15) is 0 Å². The van der Waals surface area contributed by atoms with E-state index in [4.69, 9.17) is 4.74 Å². The van der Waals surface area contributed by atoms with Crippen molar-refractivity contribution in [2.45, 2.75) is 36.1 Å². The molecule has 0 aliphatic carbocycles. The van der Waals surface area contributed by atoms with Crippen molar-refractivity contribution in [2.24, 2.45) is 0 Å². The number of nitrogens with one attached hydrogen (secondary N) is 2. The minimum Gasteiger partial charge on any atom is -0.394 e. The Balaban J connectivity index is 1.57. The molecule has 0 bridgehead atoms. The summed E-state index contributed by atoms with van der Waals surface area (Å²) < 4.78 is 33.2. The van der Waals surface area contributed by atoms with Crippen molar-refractivity contribution in [3.63, 3.8) is 0 Å². The Hall–Kier alpha value is -2.66. The molecule has 1 amide bonds. The van der Waals surface area contributed by atoms with Gasteiger partial charge >= 0.3 is 0 Å². The predicted octanol–water partition coefficient (Wildman–Crippen LogP) is 0.146. The number of hydrogen-bond donors (Lipinski definition) is 3. The SMILES string of the molecule is O=C(C[C@@H]1C=C[C@H](NS(=O)(=O)c2ccccc2)[C@@H](CO)O1)NCc1ccncn1. The number of aromatic nitrogens is 2. The largest absolute Gasteiger partial charge is 0.394 e. The Bertz CT molecular complexity index is 938. The van der Waals surface area contributed by atoms with Gasteiger partial charge in [0.25, 0.3) is 0 Å². The van der Waals surface area contributed by atoms with Crippen LogP contribution < -0.4 is 10.0 Å². The number of carbonyl (C=O) groups is 1. The van der Waals surface area contributed by atoms with Crippen molar-refractivity contribution in [1.82, 2.24) is 20.0 Å². The fraction of sp³-hybridized carbons (Fsp3) is 0.316. The van der Waals surface area contributed by atoms with E-state index in [1.54, 1.807) is 42.6 Å². The van der Waals surface area contributed by atoms with Gasteiger partial charge in [0.1, 0.15) is 12.4 Å². The fourth-order valence-corrected chi connectivity index (χ4v) is 4.06. The first-order valence-corrected chi connectivity index (χ1v) is 10.5. The first kappa shape index (κ1) is 21.1. The van der Waals surface area contributed by atoms with E-state index >= 15 is 0 Å². The van der Waals surface area contributed by atoms with Gasteiger partial charge < -0.3 is 15.2 Å². The van der Waals surface area contributed by atoms with E-state index in [0.717, 1.165) is 0 Å². The highest BCUT2D eigenvalue weighted by Crippen LogP contribution is 2.18. The normalized spacial score (nSPS) is 21.6. The monoisotopic (exact) mass is 418 g/mol. The topological polar surface area (TPSA) is 131 Å². The van der Waals surface area contributed by atoms with Crippen LogP contribution in [0, 0.1) is 0 Å². The molecule has 0 saturated carbocycles. The second-order valence-corrected chi connectivity index (χ2v) is 8.14. The quantitative estimate of drug-likeness (QED) is 0.520. The number of sulfonamides is 1. The summed E-state index contributed by atoms with van der Waals surface area (Å²) in [5.74, 6) is -0.252. The number of ether oxygens (including phenoxy) is 1. The van der Waals surface area contributed by atoms with Gasteiger partial charge in [0.15, 0.2) is 0 Å². The fourth-order valence-electron chi connectivity index (χ4n) is 2.82. The van der Waals surface area contributed by atoms with E-state index in [1.165, 1.54) is 18.5 Å². The zero-order valence-corrected chi connectivity index (χ0v) is 16.3. The lowest BCUT2D eigenvalue weighted by atomic mass is 10.1. The van der Waals surface area contributed by atoms with Gasteiger partial charge in [0, 0.05) is 6.20 Å². The van der Waals surface area contributed by atoms with E-state index < -0.39 is 34.9 Å². The molecule has 0 saturated heterocycles. The van der Waals surface area contributed by atoms with Crippen LogP contribution in [0.2, 0.25) is 0 Å². The zero-order valence-electron chi connectivity index (χ0n) is 15.5. The number of carbonyl (C=O) groups excluding carboxylic acids is 1. The molecular formula is C19H22N4O5S. The van der Waals surface area contributed by atoms with Crippen LogP contribution in [0.15, 0.2) is 66.0 Å². The molecule has 1 aromatic carbocycles. The average Bonchev–Trinajstić information content (AvgIpc) is 2.74.